The smallest absolute Gasteiger partial charge is 0.127 e. The summed E-state index contributed by atoms with van der Waals surface area (Å²) in [5.74, 6) is 1.66. The number of ether oxygens (including phenoxy) is 1. The summed E-state index contributed by atoms with van der Waals surface area (Å²) in [6.07, 6.45) is 0.271. The van der Waals surface area contributed by atoms with Gasteiger partial charge in [0.1, 0.15) is 11.9 Å². The van der Waals surface area contributed by atoms with E-state index in [1.807, 2.05) is 0 Å². The molecule has 0 amide bonds. The number of hydrogen-bond acceptors (Lipinski definition) is 1. The number of para-hydroxylation sites is 1. The van der Waals surface area contributed by atoms with Crippen molar-refractivity contribution in [2.45, 2.75) is 52.1 Å². The van der Waals surface area contributed by atoms with Crippen LogP contribution in [0.5, 0.6) is 5.75 Å². The van der Waals surface area contributed by atoms with Gasteiger partial charge < -0.3 is 4.74 Å². The summed E-state index contributed by atoms with van der Waals surface area (Å²) in [5, 5.41) is 0. The van der Waals surface area contributed by atoms with Crippen molar-refractivity contribution in [3.05, 3.63) is 29.3 Å². The molecule has 1 aromatic rings. The first-order valence-corrected chi connectivity index (χ1v) is 5.74. The van der Waals surface area contributed by atoms with Crippen molar-refractivity contribution in [1.29, 1.82) is 0 Å². The lowest BCUT2D eigenvalue weighted by Gasteiger charge is -2.21. The fourth-order valence-corrected chi connectivity index (χ4v) is 2.19. The van der Waals surface area contributed by atoms with Crippen molar-refractivity contribution in [1.82, 2.24) is 0 Å². The van der Waals surface area contributed by atoms with Crippen molar-refractivity contribution in [2.24, 2.45) is 0 Å². The molecule has 1 atom stereocenters. The molecule has 0 saturated carbocycles. The zero-order valence-electron chi connectivity index (χ0n) is 10.3. The van der Waals surface area contributed by atoms with Crippen molar-refractivity contribution in [3.8, 4) is 5.75 Å². The molecule has 1 nitrogen and oxygen atoms in total. The minimum absolute atomic E-state index is 0.139. The maximum Gasteiger partial charge on any atom is 0.127 e. The van der Waals surface area contributed by atoms with Crippen LogP contribution in [0.15, 0.2) is 18.2 Å². The van der Waals surface area contributed by atoms with Crippen molar-refractivity contribution in [3.63, 3.8) is 0 Å². The Morgan fingerprint density at radius 2 is 1.93 bits per heavy atom. The Morgan fingerprint density at radius 1 is 1.27 bits per heavy atom. The van der Waals surface area contributed by atoms with Gasteiger partial charge >= 0.3 is 0 Å². The molecule has 1 heteroatoms. The average Bonchev–Trinajstić information content (AvgIpc) is 2.38. The molecule has 0 saturated heterocycles. The van der Waals surface area contributed by atoms with Crippen LogP contribution >= 0.6 is 0 Å². The lowest BCUT2D eigenvalue weighted by Crippen LogP contribution is -2.28. The van der Waals surface area contributed by atoms with Gasteiger partial charge in [-0.05, 0) is 18.4 Å². The largest absolute Gasteiger partial charge is 0.489 e. The molecule has 1 heterocycles. The third-order valence-corrected chi connectivity index (χ3v) is 3.67. The minimum atomic E-state index is 0.139. The summed E-state index contributed by atoms with van der Waals surface area (Å²) in [7, 11) is 0. The van der Waals surface area contributed by atoms with Gasteiger partial charge in [-0.15, -0.1) is 0 Å². The topological polar surface area (TPSA) is 9.23 Å². The average molecular weight is 204 g/mol. The highest BCUT2D eigenvalue weighted by atomic mass is 16.5. The van der Waals surface area contributed by atoms with Gasteiger partial charge in [0, 0.05) is 11.0 Å². The molecular formula is C14H20O. The predicted molar refractivity (Wildman–Crippen MR) is 63.6 cm³/mol. The Bertz CT molecular complexity index is 377. The number of hydrogen-bond donors (Lipinski definition) is 0. The van der Waals surface area contributed by atoms with Crippen LogP contribution in [-0.4, -0.2) is 6.10 Å². The second-order valence-corrected chi connectivity index (χ2v) is 5.36. The highest BCUT2D eigenvalue weighted by Crippen LogP contribution is 2.46. The van der Waals surface area contributed by atoms with Gasteiger partial charge in [0.25, 0.3) is 0 Å². The van der Waals surface area contributed by atoms with Gasteiger partial charge in [-0.3, -0.25) is 0 Å². The summed E-state index contributed by atoms with van der Waals surface area (Å²) in [6, 6.07) is 6.53. The lowest BCUT2D eigenvalue weighted by atomic mass is 9.81. The molecule has 0 aromatic heterocycles. The van der Waals surface area contributed by atoms with E-state index in [2.05, 4.69) is 52.8 Å². The fourth-order valence-electron chi connectivity index (χ4n) is 2.19. The van der Waals surface area contributed by atoms with Crippen LogP contribution in [0.2, 0.25) is 0 Å². The van der Waals surface area contributed by atoms with Gasteiger partial charge in [-0.25, -0.2) is 0 Å². The van der Waals surface area contributed by atoms with Crippen LogP contribution in [0, 0.1) is 0 Å². The van der Waals surface area contributed by atoms with E-state index < -0.39 is 0 Å². The maximum atomic E-state index is 6.01. The van der Waals surface area contributed by atoms with Crippen LogP contribution in [0.4, 0.5) is 0 Å². The maximum absolute atomic E-state index is 6.01. The van der Waals surface area contributed by atoms with Gasteiger partial charge in [0.2, 0.25) is 0 Å². The Labute approximate surface area is 92.5 Å². The third-order valence-electron chi connectivity index (χ3n) is 3.67. The number of benzene rings is 1. The summed E-state index contributed by atoms with van der Waals surface area (Å²) in [6.45, 7) is 11.1. The lowest BCUT2D eigenvalue weighted by molar-refractivity contribution is 0.184. The molecule has 1 aliphatic rings. The standard InChI is InChI=1S/C14H20O/c1-9(2)11-7-6-8-12-13(11)15-10(3)14(12,4)5/h6-10H,1-5H3. The first kappa shape index (κ1) is 10.5. The van der Waals surface area contributed by atoms with E-state index in [0.717, 1.165) is 5.75 Å². The van der Waals surface area contributed by atoms with Crippen molar-refractivity contribution in [2.75, 3.05) is 0 Å². The SMILES string of the molecule is CC(C)c1cccc2c1OC(C)C2(C)C. The predicted octanol–water partition coefficient (Wildman–Crippen LogP) is 3.87. The zero-order valence-corrected chi connectivity index (χ0v) is 10.3. The van der Waals surface area contributed by atoms with Crippen LogP contribution in [0.25, 0.3) is 0 Å². The monoisotopic (exact) mass is 204 g/mol. The third kappa shape index (κ3) is 1.45. The zero-order chi connectivity index (χ0) is 11.2. The number of rotatable bonds is 1. The second-order valence-electron chi connectivity index (χ2n) is 5.36. The molecule has 15 heavy (non-hydrogen) atoms. The number of fused-ring (bicyclic) bond motifs is 1. The van der Waals surface area contributed by atoms with Crippen molar-refractivity contribution >= 4 is 0 Å². The second kappa shape index (κ2) is 3.26. The summed E-state index contributed by atoms with van der Waals surface area (Å²) in [5.41, 5.74) is 2.84. The fraction of sp³-hybridized carbons (Fsp3) is 0.571. The molecule has 2 rings (SSSR count). The first-order valence-electron chi connectivity index (χ1n) is 5.74. The quantitative estimate of drug-likeness (QED) is 0.674. The van der Waals surface area contributed by atoms with E-state index in [0.29, 0.717) is 5.92 Å². The van der Waals surface area contributed by atoms with E-state index >= 15 is 0 Å². The molecule has 1 aromatic carbocycles. The van der Waals surface area contributed by atoms with E-state index in [1.54, 1.807) is 0 Å². The van der Waals surface area contributed by atoms with Gasteiger partial charge in [-0.1, -0.05) is 45.9 Å². The molecule has 1 aliphatic heterocycles. The molecule has 0 bridgehead atoms. The van der Waals surface area contributed by atoms with E-state index in [-0.39, 0.29) is 11.5 Å². The molecule has 0 N–H and O–H groups in total. The Morgan fingerprint density at radius 3 is 2.53 bits per heavy atom. The van der Waals surface area contributed by atoms with Gasteiger partial charge in [0.05, 0.1) is 0 Å². The molecule has 0 radical (unpaired) electrons. The molecular weight excluding hydrogens is 184 g/mol. The minimum Gasteiger partial charge on any atom is -0.489 e. The Balaban J connectivity index is 2.58. The van der Waals surface area contributed by atoms with E-state index in [1.165, 1.54) is 11.1 Å². The van der Waals surface area contributed by atoms with E-state index in [9.17, 15) is 0 Å². The molecule has 1 unspecified atom stereocenters. The highest BCUT2D eigenvalue weighted by Gasteiger charge is 2.39. The normalized spacial score (nSPS) is 22.7. The summed E-state index contributed by atoms with van der Waals surface area (Å²) >= 11 is 0. The van der Waals surface area contributed by atoms with Crippen LogP contribution < -0.4 is 4.74 Å². The Hall–Kier alpha value is -0.980. The summed E-state index contributed by atoms with van der Waals surface area (Å²) in [4.78, 5) is 0. The molecule has 82 valence electrons. The van der Waals surface area contributed by atoms with Crippen LogP contribution in [0.1, 0.15) is 51.7 Å². The van der Waals surface area contributed by atoms with E-state index in [4.69, 9.17) is 4.74 Å². The molecule has 0 spiro atoms. The highest BCUT2D eigenvalue weighted by molar-refractivity contribution is 5.50. The van der Waals surface area contributed by atoms with Crippen molar-refractivity contribution < 1.29 is 4.74 Å². The molecule has 0 aliphatic carbocycles. The molecule has 0 fully saturated rings. The summed E-state index contributed by atoms with van der Waals surface area (Å²) < 4.78 is 6.01. The van der Waals surface area contributed by atoms with Crippen LogP contribution in [0.3, 0.4) is 0 Å². The van der Waals surface area contributed by atoms with Crippen LogP contribution in [-0.2, 0) is 5.41 Å². The van der Waals surface area contributed by atoms with Gasteiger partial charge in [0.15, 0.2) is 0 Å². The first-order chi connectivity index (χ1) is 6.94. The van der Waals surface area contributed by atoms with Gasteiger partial charge in [-0.2, -0.15) is 0 Å². The Kier molecular flexibility index (Phi) is 2.29.